The fourth-order valence-electron chi connectivity index (χ4n) is 1.59. The molecule has 1 aromatic rings. The number of anilines is 1. The molecule has 0 atom stereocenters. The van der Waals surface area contributed by atoms with Gasteiger partial charge in [0.25, 0.3) is 0 Å². The summed E-state index contributed by atoms with van der Waals surface area (Å²) < 4.78 is 0. The first-order chi connectivity index (χ1) is 8.56. The molecule has 0 aliphatic carbocycles. The van der Waals surface area contributed by atoms with Crippen molar-refractivity contribution in [2.45, 2.75) is 6.92 Å². The number of hydrogen-bond donors (Lipinski definition) is 2. The number of benzene rings is 1. The third-order valence-electron chi connectivity index (χ3n) is 2.43. The molecule has 0 saturated heterocycles. The molecule has 0 radical (unpaired) electrons. The van der Waals surface area contributed by atoms with Gasteiger partial charge in [0.05, 0.1) is 5.33 Å². The molecular weight excluding hydrogens is 300 g/mol. The van der Waals surface area contributed by atoms with Crippen molar-refractivity contribution in [1.82, 2.24) is 5.32 Å². The van der Waals surface area contributed by atoms with Gasteiger partial charge in [0.1, 0.15) is 0 Å². The van der Waals surface area contributed by atoms with Gasteiger partial charge < -0.3 is 15.3 Å². The van der Waals surface area contributed by atoms with Gasteiger partial charge in [-0.2, -0.15) is 0 Å². The molecule has 2 amide bonds. The van der Waals surface area contributed by atoms with Crippen LogP contribution in [0.3, 0.4) is 0 Å². The number of carbonyl (C=O) groups excluding carboxylic acids is 1. The summed E-state index contributed by atoms with van der Waals surface area (Å²) in [6, 6.07) is 7.50. The summed E-state index contributed by atoms with van der Waals surface area (Å²) in [6.45, 7) is 2.42. The zero-order valence-corrected chi connectivity index (χ0v) is 11.6. The van der Waals surface area contributed by atoms with Gasteiger partial charge in [0, 0.05) is 18.8 Å². The fourth-order valence-corrected chi connectivity index (χ4v) is 1.90. The van der Waals surface area contributed by atoms with Crippen LogP contribution in [0.4, 0.5) is 10.5 Å². The molecule has 6 heteroatoms. The van der Waals surface area contributed by atoms with E-state index in [1.165, 1.54) is 0 Å². The third-order valence-corrected chi connectivity index (χ3v) is 2.91. The maximum absolute atomic E-state index is 11.8. The van der Waals surface area contributed by atoms with Crippen LogP contribution < -0.4 is 10.2 Å². The summed E-state index contributed by atoms with van der Waals surface area (Å²) in [5, 5.41) is 11.0. The van der Waals surface area contributed by atoms with Crippen LogP contribution in [0.2, 0.25) is 0 Å². The molecule has 5 nitrogen and oxygen atoms in total. The molecule has 2 N–H and O–H groups in total. The standard InChI is InChI=1S/C12H15BrN2O3/c1-9-4-2-3-5-10(9)15(11(16)8-13)7-6-14-12(17)18/h2-5,14H,6-8H2,1H3,(H,17,18). The van der Waals surface area contributed by atoms with Crippen molar-refractivity contribution in [3.8, 4) is 0 Å². The molecule has 0 spiro atoms. The summed E-state index contributed by atoms with van der Waals surface area (Å²) >= 11 is 3.13. The second-order valence-electron chi connectivity index (χ2n) is 3.70. The molecule has 1 rings (SSSR count). The predicted octanol–water partition coefficient (Wildman–Crippen LogP) is 1.99. The summed E-state index contributed by atoms with van der Waals surface area (Å²) in [4.78, 5) is 23.8. The molecule has 0 aliphatic rings. The molecule has 0 unspecified atom stereocenters. The van der Waals surface area contributed by atoms with Gasteiger partial charge in [-0.05, 0) is 18.6 Å². The van der Waals surface area contributed by atoms with Crippen LogP contribution >= 0.6 is 15.9 Å². The number of nitrogens with one attached hydrogen (secondary N) is 1. The highest BCUT2D eigenvalue weighted by Gasteiger charge is 2.15. The molecular formula is C12H15BrN2O3. The topological polar surface area (TPSA) is 69.6 Å². The first kappa shape index (κ1) is 14.5. The van der Waals surface area contributed by atoms with Crippen molar-refractivity contribution >= 4 is 33.6 Å². The summed E-state index contributed by atoms with van der Waals surface area (Å²) in [5.74, 6) is -0.100. The number of carboxylic acid groups (broad SMARTS) is 1. The molecule has 0 fully saturated rings. The normalized spacial score (nSPS) is 9.89. The van der Waals surface area contributed by atoms with Gasteiger partial charge in [0.15, 0.2) is 0 Å². The Morgan fingerprint density at radius 3 is 2.61 bits per heavy atom. The monoisotopic (exact) mass is 314 g/mol. The predicted molar refractivity (Wildman–Crippen MR) is 73.4 cm³/mol. The minimum absolute atomic E-state index is 0.100. The van der Waals surface area contributed by atoms with Crippen LogP contribution in [0.15, 0.2) is 24.3 Å². The number of alkyl halides is 1. The number of hydrogen-bond acceptors (Lipinski definition) is 2. The highest BCUT2D eigenvalue weighted by molar-refractivity contribution is 9.09. The van der Waals surface area contributed by atoms with E-state index in [-0.39, 0.29) is 17.8 Å². The zero-order valence-electron chi connectivity index (χ0n) is 10.0. The Labute approximate surface area is 114 Å². The summed E-state index contributed by atoms with van der Waals surface area (Å²) in [7, 11) is 0. The number of rotatable bonds is 5. The maximum atomic E-state index is 11.8. The minimum Gasteiger partial charge on any atom is -0.465 e. The van der Waals surface area contributed by atoms with Gasteiger partial charge in [-0.1, -0.05) is 34.1 Å². The lowest BCUT2D eigenvalue weighted by Gasteiger charge is -2.23. The van der Waals surface area contributed by atoms with Crippen LogP contribution in [0.1, 0.15) is 5.56 Å². The second kappa shape index (κ2) is 7.00. The first-order valence-corrected chi connectivity index (χ1v) is 6.57. The van der Waals surface area contributed by atoms with Crippen molar-refractivity contribution in [3.63, 3.8) is 0 Å². The van der Waals surface area contributed by atoms with Crippen molar-refractivity contribution in [3.05, 3.63) is 29.8 Å². The van der Waals surface area contributed by atoms with Gasteiger partial charge in [-0.3, -0.25) is 4.79 Å². The average Bonchev–Trinajstić information content (AvgIpc) is 2.35. The highest BCUT2D eigenvalue weighted by Crippen LogP contribution is 2.19. The van der Waals surface area contributed by atoms with E-state index in [1.807, 2.05) is 31.2 Å². The van der Waals surface area contributed by atoms with E-state index in [0.717, 1.165) is 11.3 Å². The number of para-hydroxylation sites is 1. The molecule has 0 bridgehead atoms. The minimum atomic E-state index is -1.09. The number of nitrogens with zero attached hydrogens (tertiary/aromatic N) is 1. The van der Waals surface area contributed by atoms with Crippen LogP contribution in [-0.4, -0.2) is 35.5 Å². The quantitative estimate of drug-likeness (QED) is 0.817. The van der Waals surface area contributed by atoms with Gasteiger partial charge >= 0.3 is 6.09 Å². The van der Waals surface area contributed by atoms with Crippen molar-refractivity contribution in [2.24, 2.45) is 0 Å². The second-order valence-corrected chi connectivity index (χ2v) is 4.26. The van der Waals surface area contributed by atoms with E-state index in [2.05, 4.69) is 21.2 Å². The van der Waals surface area contributed by atoms with E-state index >= 15 is 0 Å². The van der Waals surface area contributed by atoms with E-state index < -0.39 is 6.09 Å². The Morgan fingerprint density at radius 2 is 2.06 bits per heavy atom. The lowest BCUT2D eigenvalue weighted by atomic mass is 10.2. The number of amides is 2. The van der Waals surface area contributed by atoms with E-state index in [4.69, 9.17) is 5.11 Å². The number of aryl methyl sites for hydroxylation is 1. The molecule has 0 saturated carbocycles. The van der Waals surface area contributed by atoms with Gasteiger partial charge in [0.2, 0.25) is 5.91 Å². The lowest BCUT2D eigenvalue weighted by Crippen LogP contribution is -2.39. The van der Waals surface area contributed by atoms with Crippen LogP contribution in [-0.2, 0) is 4.79 Å². The van der Waals surface area contributed by atoms with E-state index in [9.17, 15) is 9.59 Å². The summed E-state index contributed by atoms with van der Waals surface area (Å²) in [5.41, 5.74) is 1.77. The molecule has 18 heavy (non-hydrogen) atoms. The third kappa shape index (κ3) is 4.03. The number of halogens is 1. The Balaban J connectivity index is 2.82. The Kier molecular flexibility index (Phi) is 5.64. The zero-order chi connectivity index (χ0) is 13.5. The largest absolute Gasteiger partial charge is 0.465 e. The van der Waals surface area contributed by atoms with Crippen LogP contribution in [0.25, 0.3) is 0 Å². The van der Waals surface area contributed by atoms with Gasteiger partial charge in [-0.25, -0.2) is 4.79 Å². The molecule has 1 aromatic carbocycles. The van der Waals surface area contributed by atoms with Crippen molar-refractivity contribution in [1.29, 1.82) is 0 Å². The van der Waals surface area contributed by atoms with Crippen LogP contribution in [0, 0.1) is 6.92 Å². The van der Waals surface area contributed by atoms with Crippen molar-refractivity contribution in [2.75, 3.05) is 23.3 Å². The van der Waals surface area contributed by atoms with Crippen molar-refractivity contribution < 1.29 is 14.7 Å². The SMILES string of the molecule is Cc1ccccc1N(CCNC(=O)O)C(=O)CBr. The van der Waals surface area contributed by atoms with Crippen LogP contribution in [0.5, 0.6) is 0 Å². The molecule has 0 aromatic heterocycles. The van der Waals surface area contributed by atoms with E-state index in [1.54, 1.807) is 4.90 Å². The summed E-state index contributed by atoms with van der Waals surface area (Å²) in [6.07, 6.45) is -1.09. The average molecular weight is 315 g/mol. The van der Waals surface area contributed by atoms with E-state index in [0.29, 0.717) is 6.54 Å². The molecule has 0 aliphatic heterocycles. The Bertz CT molecular complexity index is 437. The number of carbonyl (C=O) groups is 2. The maximum Gasteiger partial charge on any atom is 0.404 e. The van der Waals surface area contributed by atoms with Gasteiger partial charge in [-0.15, -0.1) is 0 Å². The fraction of sp³-hybridized carbons (Fsp3) is 0.333. The highest BCUT2D eigenvalue weighted by atomic mass is 79.9. The molecule has 0 heterocycles. The lowest BCUT2D eigenvalue weighted by molar-refractivity contribution is -0.116. The first-order valence-electron chi connectivity index (χ1n) is 5.45. The smallest absolute Gasteiger partial charge is 0.404 e. The molecule has 98 valence electrons. The Morgan fingerprint density at radius 1 is 1.39 bits per heavy atom. The Hall–Kier alpha value is -1.56.